The van der Waals surface area contributed by atoms with Gasteiger partial charge < -0.3 is 9.47 Å². The summed E-state index contributed by atoms with van der Waals surface area (Å²) in [4.78, 5) is 31.7. The van der Waals surface area contributed by atoms with E-state index in [0.717, 1.165) is 13.0 Å². The summed E-state index contributed by atoms with van der Waals surface area (Å²) in [5, 5.41) is 10.7. The van der Waals surface area contributed by atoms with Crippen molar-refractivity contribution in [2.75, 3.05) is 7.11 Å². The Bertz CT molecular complexity index is 482. The Hall–Kier alpha value is -2.44. The largest absolute Gasteiger partial charge is 0.493 e. The lowest BCUT2D eigenvalue weighted by Gasteiger charge is -2.09. The maximum Gasteiger partial charge on any atom is 0.308 e. The topological polar surface area (TPSA) is 95.7 Å². The Morgan fingerprint density at radius 2 is 2.12 bits per heavy atom. The molecule has 0 amide bonds. The molecule has 0 saturated carbocycles. The quantitative estimate of drug-likeness (QED) is 0.258. The van der Waals surface area contributed by atoms with Crippen LogP contribution in [0.3, 0.4) is 0 Å². The number of carbonyl (C=O) groups is 2. The molecular weight excluding hydrogens is 230 g/mol. The smallest absolute Gasteiger partial charge is 0.308 e. The van der Waals surface area contributed by atoms with Gasteiger partial charge in [0, 0.05) is 13.0 Å². The van der Waals surface area contributed by atoms with Crippen molar-refractivity contribution in [3.63, 3.8) is 0 Å². The van der Waals surface area contributed by atoms with Gasteiger partial charge in [-0.05, 0) is 6.07 Å². The third kappa shape index (κ3) is 2.57. The number of aldehydes is 1. The molecule has 0 aliphatic heterocycles. The van der Waals surface area contributed by atoms with Gasteiger partial charge >= 0.3 is 5.97 Å². The molecule has 0 aliphatic rings. The Kier molecular flexibility index (Phi) is 3.76. The molecule has 0 aromatic heterocycles. The molecule has 0 aliphatic carbocycles. The first kappa shape index (κ1) is 12.6. The molecule has 90 valence electrons. The van der Waals surface area contributed by atoms with Crippen LogP contribution in [0.2, 0.25) is 0 Å². The van der Waals surface area contributed by atoms with Crippen LogP contribution in [0.5, 0.6) is 11.5 Å². The lowest BCUT2D eigenvalue weighted by Crippen LogP contribution is -2.07. The lowest BCUT2D eigenvalue weighted by atomic mass is 10.1. The number of nitrogens with zero attached hydrogens (tertiary/aromatic N) is 1. The molecule has 0 spiro atoms. The molecule has 0 bridgehead atoms. The molecule has 7 nitrogen and oxygen atoms in total. The van der Waals surface area contributed by atoms with Crippen LogP contribution in [0.15, 0.2) is 12.1 Å². The number of hydrogen-bond acceptors (Lipinski definition) is 6. The number of esters is 1. The molecule has 0 atom stereocenters. The highest BCUT2D eigenvalue weighted by molar-refractivity contribution is 5.89. The third-order valence-corrected chi connectivity index (χ3v) is 1.92. The summed E-state index contributed by atoms with van der Waals surface area (Å²) in [5.41, 5.74) is -0.776. The molecular formula is C10H9NO6. The summed E-state index contributed by atoms with van der Waals surface area (Å²) in [7, 11) is 1.29. The summed E-state index contributed by atoms with van der Waals surface area (Å²) in [6.45, 7) is 1.12. The van der Waals surface area contributed by atoms with Gasteiger partial charge in [0.1, 0.15) is 5.56 Å². The van der Waals surface area contributed by atoms with Gasteiger partial charge in [0.2, 0.25) is 0 Å². The zero-order valence-electron chi connectivity index (χ0n) is 9.13. The predicted octanol–water partition coefficient (Wildman–Crippen LogP) is 1.34. The number of hydrogen-bond donors (Lipinski definition) is 0. The molecule has 17 heavy (non-hydrogen) atoms. The maximum absolute atomic E-state index is 10.9. The minimum absolute atomic E-state index is 0.0768. The van der Waals surface area contributed by atoms with Crippen molar-refractivity contribution in [2.24, 2.45) is 0 Å². The average Bonchev–Trinajstić information content (AvgIpc) is 2.27. The van der Waals surface area contributed by atoms with Gasteiger partial charge in [-0.25, -0.2) is 0 Å². The molecule has 0 radical (unpaired) electrons. The highest BCUT2D eigenvalue weighted by Crippen LogP contribution is 2.36. The highest BCUT2D eigenvalue weighted by Gasteiger charge is 2.23. The van der Waals surface area contributed by atoms with E-state index in [0.29, 0.717) is 0 Å². The third-order valence-electron chi connectivity index (χ3n) is 1.92. The van der Waals surface area contributed by atoms with E-state index in [1.165, 1.54) is 13.2 Å². The van der Waals surface area contributed by atoms with E-state index in [2.05, 4.69) is 0 Å². The minimum Gasteiger partial charge on any atom is -0.493 e. The first-order chi connectivity index (χ1) is 8.01. The van der Waals surface area contributed by atoms with Crippen LogP contribution in [-0.4, -0.2) is 24.3 Å². The summed E-state index contributed by atoms with van der Waals surface area (Å²) >= 11 is 0. The van der Waals surface area contributed by atoms with E-state index in [1.807, 2.05) is 0 Å². The molecule has 0 heterocycles. The lowest BCUT2D eigenvalue weighted by molar-refractivity contribution is -0.385. The molecule has 1 rings (SSSR count). The number of methoxy groups -OCH3 is 1. The van der Waals surface area contributed by atoms with Crippen molar-refractivity contribution in [1.29, 1.82) is 0 Å². The molecule has 7 heteroatoms. The first-order valence-corrected chi connectivity index (χ1v) is 4.50. The molecule has 0 fully saturated rings. The fraction of sp³-hybridized carbons (Fsp3) is 0.200. The number of nitro groups is 1. The van der Waals surface area contributed by atoms with Crippen LogP contribution < -0.4 is 9.47 Å². The Labute approximate surface area is 96.1 Å². The summed E-state index contributed by atoms with van der Waals surface area (Å²) in [6.07, 6.45) is 0.249. The Morgan fingerprint density at radius 1 is 1.47 bits per heavy atom. The van der Waals surface area contributed by atoms with Gasteiger partial charge in [0.25, 0.3) is 5.69 Å². The van der Waals surface area contributed by atoms with Gasteiger partial charge in [-0.1, -0.05) is 0 Å². The van der Waals surface area contributed by atoms with Crippen molar-refractivity contribution < 1.29 is 24.0 Å². The van der Waals surface area contributed by atoms with E-state index in [1.54, 1.807) is 0 Å². The zero-order chi connectivity index (χ0) is 13.0. The SMILES string of the molecule is COc1ccc([N+](=O)[O-])c(C=O)c1OC(C)=O. The van der Waals surface area contributed by atoms with Crippen LogP contribution in [-0.2, 0) is 4.79 Å². The Morgan fingerprint density at radius 3 is 2.53 bits per heavy atom. The van der Waals surface area contributed by atoms with Crippen LogP contribution in [0.1, 0.15) is 17.3 Å². The molecule has 0 saturated heterocycles. The minimum atomic E-state index is -0.740. The standard InChI is InChI=1S/C10H9NO6/c1-6(13)17-10-7(5-12)8(11(14)15)3-4-9(10)16-2/h3-5H,1-2H3. The van der Waals surface area contributed by atoms with Gasteiger partial charge in [0.05, 0.1) is 12.0 Å². The summed E-state index contributed by atoms with van der Waals surface area (Å²) < 4.78 is 9.61. The fourth-order valence-corrected chi connectivity index (χ4v) is 1.25. The van der Waals surface area contributed by atoms with E-state index in [9.17, 15) is 19.7 Å². The number of nitro benzene ring substituents is 1. The second-order valence-electron chi connectivity index (χ2n) is 3.00. The predicted molar refractivity (Wildman–Crippen MR) is 56.3 cm³/mol. The second-order valence-corrected chi connectivity index (χ2v) is 3.00. The van der Waals surface area contributed by atoms with Crippen molar-refractivity contribution in [1.82, 2.24) is 0 Å². The van der Waals surface area contributed by atoms with E-state index in [-0.39, 0.29) is 23.3 Å². The number of carbonyl (C=O) groups excluding carboxylic acids is 2. The molecule has 0 unspecified atom stereocenters. The van der Waals surface area contributed by atoms with Crippen LogP contribution >= 0.6 is 0 Å². The van der Waals surface area contributed by atoms with E-state index >= 15 is 0 Å². The second kappa shape index (κ2) is 5.06. The summed E-state index contributed by atoms with van der Waals surface area (Å²) in [6, 6.07) is 2.36. The molecule has 0 N–H and O–H groups in total. The highest BCUT2D eigenvalue weighted by atomic mass is 16.6. The van der Waals surface area contributed by atoms with Crippen molar-refractivity contribution >= 4 is 17.9 Å². The Balaban J connectivity index is 3.47. The fourth-order valence-electron chi connectivity index (χ4n) is 1.25. The van der Waals surface area contributed by atoms with Crippen LogP contribution in [0, 0.1) is 10.1 Å². The van der Waals surface area contributed by atoms with Gasteiger partial charge in [-0.2, -0.15) is 0 Å². The number of ether oxygens (including phenoxy) is 2. The number of benzene rings is 1. The van der Waals surface area contributed by atoms with Crippen molar-refractivity contribution in [2.45, 2.75) is 6.92 Å². The van der Waals surface area contributed by atoms with Gasteiger partial charge in [-0.3, -0.25) is 19.7 Å². The normalized spacial score (nSPS) is 9.53. The average molecular weight is 239 g/mol. The number of rotatable bonds is 4. The monoisotopic (exact) mass is 239 g/mol. The van der Waals surface area contributed by atoms with Crippen molar-refractivity contribution in [3.05, 3.63) is 27.8 Å². The first-order valence-electron chi connectivity index (χ1n) is 4.50. The van der Waals surface area contributed by atoms with Crippen LogP contribution in [0.25, 0.3) is 0 Å². The van der Waals surface area contributed by atoms with Crippen molar-refractivity contribution in [3.8, 4) is 11.5 Å². The maximum atomic E-state index is 10.9. The summed E-state index contributed by atoms with van der Waals surface area (Å²) in [5.74, 6) is -0.871. The molecule has 1 aromatic carbocycles. The molecule has 1 aromatic rings. The van der Waals surface area contributed by atoms with Gasteiger partial charge in [0.15, 0.2) is 17.8 Å². The zero-order valence-corrected chi connectivity index (χ0v) is 9.13. The van der Waals surface area contributed by atoms with E-state index < -0.39 is 16.6 Å². The van der Waals surface area contributed by atoms with E-state index in [4.69, 9.17) is 9.47 Å². The van der Waals surface area contributed by atoms with Gasteiger partial charge in [-0.15, -0.1) is 0 Å². The van der Waals surface area contributed by atoms with Crippen LogP contribution in [0.4, 0.5) is 5.69 Å².